The lowest BCUT2D eigenvalue weighted by atomic mass is 10.3. The van der Waals surface area contributed by atoms with Crippen molar-refractivity contribution in [3.8, 4) is 0 Å². The molecule has 2 rings (SSSR count). The second kappa shape index (κ2) is 4.34. The molecule has 0 fully saturated rings. The molecule has 5 heteroatoms. The van der Waals surface area contributed by atoms with Gasteiger partial charge in [0, 0.05) is 12.1 Å². The van der Waals surface area contributed by atoms with Gasteiger partial charge in [0.2, 0.25) is 0 Å². The fraction of sp³-hybridized carbons (Fsp3) is 0.364. The van der Waals surface area contributed by atoms with Crippen LogP contribution in [0.25, 0.3) is 11.0 Å². The second-order valence-electron chi connectivity index (χ2n) is 3.88. The van der Waals surface area contributed by atoms with E-state index in [1.165, 1.54) is 6.07 Å². The van der Waals surface area contributed by atoms with E-state index in [0.717, 1.165) is 16.9 Å². The molecule has 1 aromatic carbocycles. The maximum Gasteiger partial charge on any atom is 0.139 e. The van der Waals surface area contributed by atoms with Gasteiger partial charge in [-0.25, -0.2) is 9.37 Å². The zero-order chi connectivity index (χ0) is 11.9. The quantitative estimate of drug-likeness (QED) is 0.758. The van der Waals surface area contributed by atoms with Crippen molar-refractivity contribution >= 4 is 38.6 Å². The Morgan fingerprint density at radius 2 is 2.19 bits per heavy atom. The molecule has 0 spiro atoms. The first kappa shape index (κ1) is 11.9. The average Bonchev–Trinajstić information content (AvgIpc) is 2.56. The molecule has 1 heterocycles. The molecular formula is C11H11BrClFN2. The topological polar surface area (TPSA) is 17.8 Å². The van der Waals surface area contributed by atoms with Gasteiger partial charge in [-0.05, 0) is 35.8 Å². The van der Waals surface area contributed by atoms with Gasteiger partial charge in [0.05, 0.1) is 21.4 Å². The Morgan fingerprint density at radius 3 is 2.75 bits per heavy atom. The molecule has 0 radical (unpaired) electrons. The summed E-state index contributed by atoms with van der Waals surface area (Å²) in [6, 6.07) is 3.38. The Kier molecular flexibility index (Phi) is 3.22. The fourth-order valence-electron chi connectivity index (χ4n) is 1.81. The van der Waals surface area contributed by atoms with Crippen LogP contribution >= 0.6 is 27.5 Å². The predicted molar refractivity (Wildman–Crippen MR) is 67.3 cm³/mol. The highest BCUT2D eigenvalue weighted by Gasteiger charge is 2.14. The number of nitrogens with zero attached hydrogens (tertiary/aromatic N) is 2. The molecule has 1 aromatic heterocycles. The van der Waals surface area contributed by atoms with E-state index in [0.29, 0.717) is 10.4 Å². The molecule has 2 nitrogen and oxygen atoms in total. The summed E-state index contributed by atoms with van der Waals surface area (Å²) in [4.78, 5) is 4.39. The third-order valence-corrected chi connectivity index (χ3v) is 3.29. The summed E-state index contributed by atoms with van der Waals surface area (Å²) in [6.07, 6.45) is 0. The smallest absolute Gasteiger partial charge is 0.139 e. The van der Waals surface area contributed by atoms with Crippen LogP contribution in [0.4, 0.5) is 4.39 Å². The van der Waals surface area contributed by atoms with Crippen LogP contribution in [0, 0.1) is 5.82 Å². The number of alkyl halides is 1. The minimum Gasteiger partial charge on any atom is -0.324 e. The first-order valence-electron chi connectivity index (χ1n) is 4.96. The number of imidazole rings is 1. The standard InChI is InChI=1S/C11H11BrClFN2/c1-6(2)16-10-4-8(14)7(12)3-9(10)15-11(16)5-13/h3-4,6H,5H2,1-2H3. The first-order valence-corrected chi connectivity index (χ1v) is 6.29. The average molecular weight is 306 g/mol. The van der Waals surface area contributed by atoms with Gasteiger partial charge >= 0.3 is 0 Å². The Hall–Kier alpha value is -0.610. The number of rotatable bonds is 2. The van der Waals surface area contributed by atoms with E-state index in [1.807, 2.05) is 18.4 Å². The van der Waals surface area contributed by atoms with Crippen molar-refractivity contribution in [3.63, 3.8) is 0 Å². The van der Waals surface area contributed by atoms with Gasteiger partial charge in [-0.1, -0.05) is 0 Å². The molecule has 0 N–H and O–H groups in total. The van der Waals surface area contributed by atoms with E-state index < -0.39 is 0 Å². The zero-order valence-electron chi connectivity index (χ0n) is 8.97. The Labute approximate surface area is 107 Å². The minimum absolute atomic E-state index is 0.208. The Balaban J connectivity index is 2.79. The highest BCUT2D eigenvalue weighted by atomic mass is 79.9. The van der Waals surface area contributed by atoms with Gasteiger partial charge < -0.3 is 4.57 Å². The van der Waals surface area contributed by atoms with E-state index in [1.54, 1.807) is 6.07 Å². The molecule has 2 aromatic rings. The number of fused-ring (bicyclic) bond motifs is 1. The van der Waals surface area contributed by atoms with E-state index >= 15 is 0 Å². The third kappa shape index (κ3) is 1.84. The van der Waals surface area contributed by atoms with Gasteiger partial charge in [-0.3, -0.25) is 0 Å². The van der Waals surface area contributed by atoms with Gasteiger partial charge in [0.1, 0.15) is 11.6 Å². The van der Waals surface area contributed by atoms with Gasteiger partial charge in [-0.2, -0.15) is 0 Å². The number of benzene rings is 1. The summed E-state index contributed by atoms with van der Waals surface area (Å²) in [6.45, 7) is 4.05. The maximum absolute atomic E-state index is 13.5. The highest BCUT2D eigenvalue weighted by molar-refractivity contribution is 9.10. The van der Waals surface area contributed by atoms with Gasteiger partial charge in [0.25, 0.3) is 0 Å². The molecule has 0 bridgehead atoms. The first-order chi connectivity index (χ1) is 7.54. The lowest BCUT2D eigenvalue weighted by Gasteiger charge is -2.11. The molecule has 0 aliphatic carbocycles. The van der Waals surface area contributed by atoms with E-state index in [2.05, 4.69) is 20.9 Å². The SMILES string of the molecule is CC(C)n1c(CCl)nc2cc(Br)c(F)cc21. The molecule has 0 amide bonds. The van der Waals surface area contributed by atoms with Crippen molar-refractivity contribution in [1.29, 1.82) is 0 Å². The summed E-state index contributed by atoms with van der Waals surface area (Å²) in [7, 11) is 0. The summed E-state index contributed by atoms with van der Waals surface area (Å²) in [5, 5.41) is 0. The monoisotopic (exact) mass is 304 g/mol. The van der Waals surface area contributed by atoms with Crippen LogP contribution < -0.4 is 0 Å². The fourth-order valence-corrected chi connectivity index (χ4v) is 2.33. The van der Waals surface area contributed by atoms with Crippen molar-refractivity contribution in [2.45, 2.75) is 25.8 Å². The number of hydrogen-bond donors (Lipinski definition) is 0. The lowest BCUT2D eigenvalue weighted by Crippen LogP contribution is -2.04. The Morgan fingerprint density at radius 1 is 1.50 bits per heavy atom. The summed E-state index contributed by atoms with van der Waals surface area (Å²) in [5.41, 5.74) is 1.55. The summed E-state index contributed by atoms with van der Waals surface area (Å²) >= 11 is 8.99. The van der Waals surface area contributed by atoms with Crippen LogP contribution in [0.15, 0.2) is 16.6 Å². The van der Waals surface area contributed by atoms with Crippen LogP contribution in [0.2, 0.25) is 0 Å². The van der Waals surface area contributed by atoms with Crippen molar-refractivity contribution in [3.05, 3.63) is 28.2 Å². The largest absolute Gasteiger partial charge is 0.324 e. The van der Waals surface area contributed by atoms with Crippen LogP contribution in [0.1, 0.15) is 25.7 Å². The molecule has 0 aliphatic heterocycles. The normalized spacial score (nSPS) is 11.6. The highest BCUT2D eigenvalue weighted by Crippen LogP contribution is 2.27. The number of aromatic nitrogens is 2. The van der Waals surface area contributed by atoms with E-state index in [-0.39, 0.29) is 11.9 Å². The zero-order valence-corrected chi connectivity index (χ0v) is 11.3. The lowest BCUT2D eigenvalue weighted by molar-refractivity contribution is 0.591. The van der Waals surface area contributed by atoms with Crippen LogP contribution in [0.5, 0.6) is 0 Å². The van der Waals surface area contributed by atoms with Crippen molar-refractivity contribution < 1.29 is 4.39 Å². The number of hydrogen-bond acceptors (Lipinski definition) is 1. The van der Waals surface area contributed by atoms with Gasteiger partial charge in [0.15, 0.2) is 0 Å². The number of halogens is 3. The van der Waals surface area contributed by atoms with Crippen LogP contribution in [0.3, 0.4) is 0 Å². The second-order valence-corrected chi connectivity index (χ2v) is 5.00. The Bertz CT molecular complexity index is 536. The molecule has 0 saturated carbocycles. The minimum atomic E-state index is -0.282. The molecule has 0 saturated heterocycles. The molecule has 0 unspecified atom stereocenters. The van der Waals surface area contributed by atoms with Crippen molar-refractivity contribution in [2.24, 2.45) is 0 Å². The molecule has 86 valence electrons. The third-order valence-electron chi connectivity index (χ3n) is 2.44. The van der Waals surface area contributed by atoms with Gasteiger partial charge in [-0.15, -0.1) is 11.6 Å². The summed E-state index contributed by atoms with van der Waals surface area (Å²) in [5.74, 6) is 0.811. The molecule has 0 atom stereocenters. The van der Waals surface area contributed by atoms with E-state index in [4.69, 9.17) is 11.6 Å². The summed E-state index contributed by atoms with van der Waals surface area (Å²) < 4.78 is 15.9. The molecule has 16 heavy (non-hydrogen) atoms. The van der Waals surface area contributed by atoms with Crippen LogP contribution in [-0.2, 0) is 5.88 Å². The molecule has 0 aliphatic rings. The van der Waals surface area contributed by atoms with Crippen molar-refractivity contribution in [2.75, 3.05) is 0 Å². The maximum atomic E-state index is 13.5. The predicted octanol–water partition coefficient (Wildman–Crippen LogP) is 4.26. The molecular weight excluding hydrogens is 294 g/mol. The van der Waals surface area contributed by atoms with Crippen LogP contribution in [-0.4, -0.2) is 9.55 Å². The van der Waals surface area contributed by atoms with E-state index in [9.17, 15) is 4.39 Å². The van der Waals surface area contributed by atoms with Crippen molar-refractivity contribution in [1.82, 2.24) is 9.55 Å².